The number of aromatic nitrogens is 3. The van der Waals surface area contributed by atoms with E-state index in [1.807, 2.05) is 13.8 Å². The molecule has 3 heterocycles. The molecule has 0 unspecified atom stereocenters. The second-order valence-electron chi connectivity index (χ2n) is 8.45. The normalized spacial score (nSPS) is 18.5. The first-order chi connectivity index (χ1) is 14.9. The van der Waals surface area contributed by atoms with Crippen LogP contribution in [0.2, 0.25) is 0 Å². The van der Waals surface area contributed by atoms with E-state index in [1.165, 1.54) is 28.5 Å². The summed E-state index contributed by atoms with van der Waals surface area (Å²) < 4.78 is 1.51. The minimum absolute atomic E-state index is 0.0143. The maximum atomic E-state index is 13.2. The van der Waals surface area contributed by atoms with Gasteiger partial charge in [0.1, 0.15) is 19.2 Å². The number of rotatable bonds is 7. The number of nitrogens with one attached hydrogen (secondary N) is 1. The van der Waals surface area contributed by atoms with Crippen LogP contribution in [0.15, 0.2) is 53.7 Å². The monoisotopic (exact) mass is 437 g/mol. The number of likely N-dealkylation sites (tertiary alicyclic amines) is 1. The Bertz CT molecular complexity index is 1010. The minimum atomic E-state index is -0.633. The van der Waals surface area contributed by atoms with E-state index in [1.54, 1.807) is 16.2 Å². The van der Waals surface area contributed by atoms with Crippen LogP contribution in [0.25, 0.3) is 11.1 Å². The Morgan fingerprint density at radius 1 is 1.19 bits per heavy atom. The standard InChI is InChI=1S/C23H27N5O2S/c1-17(2)26-22(30)23(8-9-27(14-23)21(29)12-28-16-24-15-25-28)11-18-3-5-19(6-4-18)20-7-10-31-13-20/h3-7,10,13,15-17H,8-9,11-12,14H2,1-2H3,(H,26,30)/t23-/m0/s1. The van der Waals surface area contributed by atoms with Gasteiger partial charge in [-0.1, -0.05) is 24.3 Å². The van der Waals surface area contributed by atoms with E-state index in [-0.39, 0.29) is 24.4 Å². The molecule has 2 aromatic heterocycles. The highest BCUT2D eigenvalue weighted by Gasteiger charge is 2.46. The molecule has 1 aromatic carbocycles. The summed E-state index contributed by atoms with van der Waals surface area (Å²) >= 11 is 1.68. The zero-order valence-electron chi connectivity index (χ0n) is 17.8. The Balaban J connectivity index is 1.51. The van der Waals surface area contributed by atoms with Gasteiger partial charge < -0.3 is 10.2 Å². The highest BCUT2D eigenvalue weighted by atomic mass is 32.1. The van der Waals surface area contributed by atoms with Crippen molar-refractivity contribution >= 4 is 23.2 Å². The van der Waals surface area contributed by atoms with Crippen molar-refractivity contribution in [1.82, 2.24) is 25.0 Å². The van der Waals surface area contributed by atoms with Crippen molar-refractivity contribution in [2.24, 2.45) is 5.41 Å². The van der Waals surface area contributed by atoms with Crippen molar-refractivity contribution in [3.8, 4) is 11.1 Å². The molecule has 1 fully saturated rings. The van der Waals surface area contributed by atoms with E-state index in [9.17, 15) is 9.59 Å². The molecule has 1 saturated heterocycles. The van der Waals surface area contributed by atoms with Gasteiger partial charge >= 0.3 is 0 Å². The van der Waals surface area contributed by atoms with Crippen LogP contribution in [0, 0.1) is 5.41 Å². The van der Waals surface area contributed by atoms with Crippen LogP contribution < -0.4 is 5.32 Å². The van der Waals surface area contributed by atoms with Gasteiger partial charge in [0.15, 0.2) is 0 Å². The minimum Gasteiger partial charge on any atom is -0.353 e. The molecule has 8 heteroatoms. The van der Waals surface area contributed by atoms with Gasteiger partial charge in [0.05, 0.1) is 5.41 Å². The molecular formula is C23H27N5O2S. The summed E-state index contributed by atoms with van der Waals surface area (Å²) in [4.78, 5) is 31.7. The van der Waals surface area contributed by atoms with E-state index in [0.29, 0.717) is 25.9 Å². The SMILES string of the molecule is CC(C)NC(=O)[C@]1(Cc2ccc(-c3ccsc3)cc2)CCN(C(=O)Cn2cncn2)C1. The van der Waals surface area contributed by atoms with Crippen molar-refractivity contribution in [3.05, 3.63) is 59.3 Å². The number of nitrogens with zero attached hydrogens (tertiary/aromatic N) is 4. The lowest BCUT2D eigenvalue weighted by Crippen LogP contribution is -2.47. The fourth-order valence-corrected chi connectivity index (χ4v) is 4.76. The third kappa shape index (κ3) is 4.85. The van der Waals surface area contributed by atoms with E-state index in [0.717, 1.165) is 5.56 Å². The van der Waals surface area contributed by atoms with Gasteiger partial charge in [-0.05, 0) is 60.2 Å². The van der Waals surface area contributed by atoms with Crippen molar-refractivity contribution < 1.29 is 9.59 Å². The molecule has 1 aliphatic rings. The molecule has 162 valence electrons. The molecule has 0 radical (unpaired) electrons. The van der Waals surface area contributed by atoms with Gasteiger partial charge in [0, 0.05) is 19.1 Å². The van der Waals surface area contributed by atoms with Crippen LogP contribution in [0.4, 0.5) is 0 Å². The third-order valence-electron chi connectivity index (χ3n) is 5.72. The molecule has 3 aromatic rings. The van der Waals surface area contributed by atoms with Crippen molar-refractivity contribution in [2.75, 3.05) is 13.1 Å². The molecule has 0 saturated carbocycles. The first-order valence-electron chi connectivity index (χ1n) is 10.5. The van der Waals surface area contributed by atoms with Gasteiger partial charge in [-0.15, -0.1) is 0 Å². The predicted octanol–water partition coefficient (Wildman–Crippen LogP) is 2.99. The molecular weight excluding hydrogens is 410 g/mol. The van der Waals surface area contributed by atoms with Crippen molar-refractivity contribution in [1.29, 1.82) is 0 Å². The Morgan fingerprint density at radius 2 is 2.00 bits per heavy atom. The molecule has 31 heavy (non-hydrogen) atoms. The average molecular weight is 438 g/mol. The van der Waals surface area contributed by atoms with Gasteiger partial charge in [-0.3, -0.25) is 9.59 Å². The number of thiophene rings is 1. The first-order valence-corrected chi connectivity index (χ1v) is 11.4. The topological polar surface area (TPSA) is 80.1 Å². The maximum absolute atomic E-state index is 13.2. The molecule has 1 N–H and O–H groups in total. The second-order valence-corrected chi connectivity index (χ2v) is 9.23. The number of amides is 2. The van der Waals surface area contributed by atoms with Crippen LogP contribution in [0.3, 0.4) is 0 Å². The Morgan fingerprint density at radius 3 is 2.65 bits per heavy atom. The number of hydrogen-bond acceptors (Lipinski definition) is 5. The molecule has 0 bridgehead atoms. The molecule has 4 rings (SSSR count). The summed E-state index contributed by atoms with van der Waals surface area (Å²) in [5.41, 5.74) is 2.84. The fraction of sp³-hybridized carbons (Fsp3) is 0.391. The molecule has 0 spiro atoms. The summed E-state index contributed by atoms with van der Waals surface area (Å²) in [6.45, 7) is 5.03. The summed E-state index contributed by atoms with van der Waals surface area (Å²) in [5.74, 6) is -0.0296. The van der Waals surface area contributed by atoms with Gasteiger partial charge in [0.25, 0.3) is 0 Å². The van der Waals surface area contributed by atoms with Crippen molar-refractivity contribution in [2.45, 2.75) is 39.3 Å². The number of carbonyl (C=O) groups is 2. The summed E-state index contributed by atoms with van der Waals surface area (Å²) in [5, 5.41) is 11.3. The molecule has 2 amide bonds. The van der Waals surface area contributed by atoms with E-state index in [2.05, 4.69) is 56.5 Å². The number of benzene rings is 1. The Hall–Kier alpha value is -3.00. The van der Waals surface area contributed by atoms with E-state index in [4.69, 9.17) is 0 Å². The highest BCUT2D eigenvalue weighted by Crippen LogP contribution is 2.35. The van der Waals surface area contributed by atoms with Crippen LogP contribution in [-0.4, -0.2) is 50.6 Å². The van der Waals surface area contributed by atoms with E-state index < -0.39 is 5.41 Å². The van der Waals surface area contributed by atoms with Crippen LogP contribution in [0.5, 0.6) is 0 Å². The Kier molecular flexibility index (Phi) is 6.18. The number of carbonyl (C=O) groups excluding carboxylic acids is 2. The third-order valence-corrected chi connectivity index (χ3v) is 6.41. The quantitative estimate of drug-likeness (QED) is 0.616. The lowest BCUT2D eigenvalue weighted by atomic mass is 9.79. The zero-order valence-corrected chi connectivity index (χ0v) is 18.6. The molecule has 7 nitrogen and oxygen atoms in total. The fourth-order valence-electron chi connectivity index (χ4n) is 4.10. The molecule has 1 atom stereocenters. The van der Waals surface area contributed by atoms with Crippen molar-refractivity contribution in [3.63, 3.8) is 0 Å². The molecule has 1 aliphatic heterocycles. The summed E-state index contributed by atoms with van der Waals surface area (Å²) in [6.07, 6.45) is 4.18. The summed E-state index contributed by atoms with van der Waals surface area (Å²) in [7, 11) is 0. The lowest BCUT2D eigenvalue weighted by molar-refractivity contribution is -0.134. The number of hydrogen-bond donors (Lipinski definition) is 1. The largest absolute Gasteiger partial charge is 0.353 e. The smallest absolute Gasteiger partial charge is 0.244 e. The predicted molar refractivity (Wildman–Crippen MR) is 120 cm³/mol. The van der Waals surface area contributed by atoms with Gasteiger partial charge in [0.2, 0.25) is 11.8 Å². The summed E-state index contributed by atoms with van der Waals surface area (Å²) in [6, 6.07) is 10.5. The maximum Gasteiger partial charge on any atom is 0.244 e. The first kappa shape index (κ1) is 21.2. The van der Waals surface area contributed by atoms with Crippen LogP contribution >= 0.6 is 11.3 Å². The Labute approximate surface area is 186 Å². The van der Waals surface area contributed by atoms with E-state index >= 15 is 0 Å². The average Bonchev–Trinajstić information content (AvgIpc) is 3.51. The van der Waals surface area contributed by atoms with Crippen LogP contribution in [-0.2, 0) is 22.6 Å². The van der Waals surface area contributed by atoms with Crippen LogP contribution in [0.1, 0.15) is 25.8 Å². The lowest BCUT2D eigenvalue weighted by Gasteiger charge is -2.29. The zero-order chi connectivity index (χ0) is 21.8. The van der Waals surface area contributed by atoms with Gasteiger partial charge in [-0.2, -0.15) is 16.4 Å². The molecule has 0 aliphatic carbocycles. The highest BCUT2D eigenvalue weighted by molar-refractivity contribution is 7.08. The van der Waals surface area contributed by atoms with Gasteiger partial charge in [-0.25, -0.2) is 9.67 Å². The second kappa shape index (κ2) is 9.01.